The average Bonchev–Trinajstić information content (AvgIpc) is 1.33. The molecule has 0 spiro atoms. The number of unbranched alkanes of at least 4 members (excludes halogenated alkanes) is 35. The number of aliphatic hydroxyl groups is 11. The molecule has 3 aliphatic heterocycles. The number of hydrogen-bond acceptors (Lipinski definition) is 18. The Morgan fingerprint density at radius 2 is 0.742 bits per heavy atom. The van der Waals surface area contributed by atoms with Crippen LogP contribution in [0.15, 0.2) is 36.5 Å². The lowest BCUT2D eigenvalue weighted by molar-refractivity contribution is -0.379. The highest BCUT2D eigenvalue weighted by Gasteiger charge is 2.53. The van der Waals surface area contributed by atoms with Crippen molar-refractivity contribution in [3.8, 4) is 0 Å². The van der Waals surface area contributed by atoms with Crippen molar-refractivity contribution in [3.63, 3.8) is 0 Å². The fourth-order valence-corrected chi connectivity index (χ4v) is 12.1. The first kappa shape index (κ1) is 81.2. The summed E-state index contributed by atoms with van der Waals surface area (Å²) in [5.41, 5.74) is 0. The largest absolute Gasteiger partial charge is 0.394 e. The Morgan fingerprint density at radius 3 is 1.15 bits per heavy atom. The van der Waals surface area contributed by atoms with E-state index in [0.717, 1.165) is 51.4 Å². The highest BCUT2D eigenvalue weighted by molar-refractivity contribution is 5.76. The third-order valence-electron chi connectivity index (χ3n) is 17.9. The van der Waals surface area contributed by atoms with Gasteiger partial charge in [-0.15, -0.1) is 0 Å². The summed E-state index contributed by atoms with van der Waals surface area (Å²) in [5, 5.41) is 120. The summed E-state index contributed by atoms with van der Waals surface area (Å²) in [7, 11) is 0. The number of rotatable bonds is 55. The minimum absolute atomic E-state index is 0.246. The minimum atomic E-state index is -1.98. The molecule has 522 valence electrons. The summed E-state index contributed by atoms with van der Waals surface area (Å²) < 4.78 is 34.3. The second kappa shape index (κ2) is 52.3. The number of allylic oxidation sites excluding steroid dienone is 5. The van der Waals surface area contributed by atoms with Crippen molar-refractivity contribution in [2.45, 2.75) is 375 Å². The summed E-state index contributed by atoms with van der Waals surface area (Å²) in [6.45, 7) is 1.71. The normalized spacial score (nSPS) is 28.4. The first-order valence-corrected chi connectivity index (χ1v) is 35.7. The average molecular weight is 1270 g/mol. The van der Waals surface area contributed by atoms with E-state index >= 15 is 0 Å². The molecule has 3 saturated heterocycles. The van der Waals surface area contributed by atoms with E-state index in [1.54, 1.807) is 6.08 Å². The maximum Gasteiger partial charge on any atom is 0.220 e. The quantitative estimate of drug-likeness (QED) is 0.0199. The predicted octanol–water partition coefficient (Wildman–Crippen LogP) is 9.61. The maximum atomic E-state index is 13.4. The van der Waals surface area contributed by atoms with E-state index < -0.39 is 124 Å². The van der Waals surface area contributed by atoms with E-state index in [9.17, 15) is 61.0 Å². The van der Waals surface area contributed by atoms with E-state index in [-0.39, 0.29) is 18.9 Å². The topological polar surface area (TPSA) is 307 Å². The molecule has 3 aliphatic rings. The predicted molar refractivity (Wildman–Crippen MR) is 346 cm³/mol. The molecule has 3 rings (SSSR count). The molecule has 1 amide bonds. The van der Waals surface area contributed by atoms with Gasteiger partial charge in [-0.2, -0.15) is 0 Å². The molecule has 0 aromatic heterocycles. The van der Waals surface area contributed by atoms with Crippen molar-refractivity contribution in [2.24, 2.45) is 0 Å². The van der Waals surface area contributed by atoms with Gasteiger partial charge in [-0.25, -0.2) is 0 Å². The van der Waals surface area contributed by atoms with Crippen molar-refractivity contribution < 1.29 is 89.4 Å². The molecule has 0 saturated carbocycles. The first-order chi connectivity index (χ1) is 43.3. The molecule has 19 nitrogen and oxygen atoms in total. The summed E-state index contributed by atoms with van der Waals surface area (Å²) in [5.74, 6) is -0.273. The van der Waals surface area contributed by atoms with E-state index in [4.69, 9.17) is 28.4 Å². The van der Waals surface area contributed by atoms with Gasteiger partial charge in [-0.1, -0.05) is 249 Å². The molecule has 12 N–H and O–H groups in total. The molecule has 0 radical (unpaired) electrons. The molecular weight excluding hydrogens is 1140 g/mol. The van der Waals surface area contributed by atoms with Gasteiger partial charge in [0.1, 0.15) is 73.2 Å². The van der Waals surface area contributed by atoms with Crippen LogP contribution in [0.5, 0.6) is 0 Å². The zero-order valence-electron chi connectivity index (χ0n) is 55.2. The van der Waals surface area contributed by atoms with Gasteiger partial charge in [0.05, 0.1) is 38.6 Å². The third-order valence-corrected chi connectivity index (χ3v) is 17.9. The van der Waals surface area contributed by atoms with Gasteiger partial charge < -0.3 is 89.9 Å². The lowest BCUT2D eigenvalue weighted by Crippen LogP contribution is -2.66. The summed E-state index contributed by atoms with van der Waals surface area (Å²) >= 11 is 0. The van der Waals surface area contributed by atoms with Gasteiger partial charge in [0.25, 0.3) is 0 Å². The van der Waals surface area contributed by atoms with Crippen LogP contribution in [0.3, 0.4) is 0 Å². The Hall–Kier alpha value is -1.99. The SMILES string of the molecule is CCCCCCC/C=C\C/C=C\CCCCCCCCCCCCCCCCCCCCCCCC(=O)NC(COC1OC(CO)C(OC2OC(CO)C(OC3OC(CO)C(O)C(O)C3O)C(O)C2O)C(O)C1O)C(O)/C=C/CCCCCCCCCCC. The van der Waals surface area contributed by atoms with Gasteiger partial charge >= 0.3 is 0 Å². The van der Waals surface area contributed by atoms with Crippen molar-refractivity contribution >= 4 is 5.91 Å². The van der Waals surface area contributed by atoms with Gasteiger partial charge in [-0.3, -0.25) is 4.79 Å². The van der Waals surface area contributed by atoms with Gasteiger partial charge in [0, 0.05) is 6.42 Å². The minimum Gasteiger partial charge on any atom is -0.394 e. The molecule has 0 bridgehead atoms. The van der Waals surface area contributed by atoms with E-state index in [0.29, 0.717) is 6.42 Å². The van der Waals surface area contributed by atoms with E-state index in [1.165, 1.54) is 193 Å². The number of nitrogens with one attached hydrogen (secondary N) is 1. The van der Waals surface area contributed by atoms with Crippen molar-refractivity contribution in [1.29, 1.82) is 0 Å². The smallest absolute Gasteiger partial charge is 0.220 e. The Morgan fingerprint density at radius 1 is 0.404 bits per heavy atom. The molecular formula is C70H129NO18. The Balaban J connectivity index is 1.33. The maximum absolute atomic E-state index is 13.4. The molecule has 89 heavy (non-hydrogen) atoms. The molecule has 0 aromatic rings. The third kappa shape index (κ3) is 34.3. The van der Waals surface area contributed by atoms with Crippen LogP contribution in [0.1, 0.15) is 271 Å². The summed E-state index contributed by atoms with van der Waals surface area (Å²) in [6.07, 6.45) is 34.4. The van der Waals surface area contributed by atoms with Crippen LogP contribution in [0.2, 0.25) is 0 Å². The fraction of sp³-hybridized carbons (Fsp3) is 0.900. The number of carbonyl (C=O) groups excluding carboxylic acids is 1. The van der Waals surface area contributed by atoms with Crippen molar-refractivity contribution in [1.82, 2.24) is 5.32 Å². The number of amides is 1. The summed E-state index contributed by atoms with van der Waals surface area (Å²) in [4.78, 5) is 13.4. The molecule has 19 heteroatoms. The Bertz CT molecular complexity index is 1760. The Kier molecular flexibility index (Phi) is 47.7. The number of aliphatic hydroxyl groups excluding tert-OH is 11. The van der Waals surface area contributed by atoms with Gasteiger partial charge in [0.2, 0.25) is 5.91 Å². The molecule has 3 heterocycles. The monoisotopic (exact) mass is 1270 g/mol. The van der Waals surface area contributed by atoms with Crippen LogP contribution in [-0.2, 0) is 33.2 Å². The van der Waals surface area contributed by atoms with Crippen molar-refractivity contribution in [3.05, 3.63) is 36.5 Å². The van der Waals surface area contributed by atoms with E-state index in [2.05, 4.69) is 43.5 Å². The highest BCUT2D eigenvalue weighted by Crippen LogP contribution is 2.33. The zero-order chi connectivity index (χ0) is 64.7. The molecule has 0 aromatic carbocycles. The zero-order valence-corrected chi connectivity index (χ0v) is 55.2. The second-order valence-corrected chi connectivity index (χ2v) is 25.7. The number of ether oxygens (including phenoxy) is 6. The molecule has 17 atom stereocenters. The fourth-order valence-electron chi connectivity index (χ4n) is 12.1. The standard InChI is InChI=1S/C70H129NO18/c1-3-5-7-9-11-13-15-16-17-18-19-20-21-22-23-24-25-26-27-28-29-30-31-32-33-34-35-36-38-40-42-44-46-48-58(76)71-53(54(75)47-45-43-41-39-37-14-12-10-8-6-4-2)52-84-68-64(82)61(79)66(56(50-73)86-68)89-70-65(83)62(80)67(57(51-74)87-70)88-69-63(81)60(78)59(77)55(49-72)85-69/h15-16,18-19,45,47,53-57,59-70,72-75,77-83H,3-14,17,20-44,46,48-52H2,1-2H3,(H,71,76)/b16-15-,19-18-,47-45+. The highest BCUT2D eigenvalue weighted by atomic mass is 16.8. The Labute approximate surface area is 536 Å². The van der Waals surface area contributed by atoms with Crippen LogP contribution in [0, 0.1) is 0 Å². The summed E-state index contributed by atoms with van der Waals surface area (Å²) in [6, 6.07) is -0.970. The van der Waals surface area contributed by atoms with Crippen LogP contribution in [0.4, 0.5) is 0 Å². The lowest BCUT2D eigenvalue weighted by Gasteiger charge is -2.48. The van der Waals surface area contributed by atoms with Crippen LogP contribution < -0.4 is 5.32 Å². The first-order valence-electron chi connectivity index (χ1n) is 35.7. The molecule has 0 aliphatic carbocycles. The van der Waals surface area contributed by atoms with Crippen molar-refractivity contribution in [2.75, 3.05) is 26.4 Å². The molecule has 3 fully saturated rings. The number of hydrogen-bond donors (Lipinski definition) is 12. The molecule has 17 unspecified atom stereocenters. The van der Waals surface area contributed by atoms with Gasteiger partial charge in [0.15, 0.2) is 18.9 Å². The van der Waals surface area contributed by atoms with Crippen LogP contribution in [0.25, 0.3) is 0 Å². The van der Waals surface area contributed by atoms with E-state index in [1.807, 2.05) is 6.08 Å². The van der Waals surface area contributed by atoms with Crippen LogP contribution >= 0.6 is 0 Å². The number of carbonyl (C=O) groups is 1. The van der Waals surface area contributed by atoms with Gasteiger partial charge in [-0.05, 0) is 51.4 Å². The lowest BCUT2D eigenvalue weighted by atomic mass is 9.96. The second-order valence-electron chi connectivity index (χ2n) is 25.7. The van der Waals surface area contributed by atoms with Crippen LogP contribution in [-0.4, -0.2) is 193 Å².